The molecule has 5 saturated heterocycles. The van der Waals surface area contributed by atoms with Crippen LogP contribution in [0.2, 0.25) is 0 Å². The van der Waals surface area contributed by atoms with Gasteiger partial charge in [0.25, 0.3) is 0 Å². The molecule has 3 saturated carbocycles. The third-order valence-corrected chi connectivity index (χ3v) is 21.8. The zero-order chi connectivity index (χ0) is 65.8. The number of ketones is 2. The number of ether oxygens (including phenoxy) is 10. The lowest BCUT2D eigenvalue weighted by Crippen LogP contribution is -2.67. The normalized spacial score (nSPS) is 46.7. The molecule has 0 amide bonds. The van der Waals surface area contributed by atoms with Gasteiger partial charge in [-0.2, -0.15) is 25.3 Å². The highest BCUT2D eigenvalue weighted by Crippen LogP contribution is 2.75. The van der Waals surface area contributed by atoms with E-state index in [1.54, 1.807) is 6.92 Å². The number of allylic oxidation sites excluding steroid dienone is 2. The maximum atomic E-state index is 14.4. The average molecular weight is 1340 g/mol. The second-order valence-corrected chi connectivity index (χ2v) is 30.1. The standard InChI is InChI=1S/C54H84O32S3/c1-22(2)16-24(55)17-53(8)44-27(56)18-52(7)26-10-11-31-50(4,5)32(13-14-51(31,6)25(26)12-15-54(44,52)49(64)85-53)81-48-43(35(59)30(19-75-48)86-89(71,72)73)84-45-37(61)36(60)40(23(3)78-45)82-47-39(63)42(34(58)29(80-47)21-77-88(68,69)70)83-46-38(62)41(74-9)33(57)28(79-46)20-76-87(65,66)67/h10,22-23,25,28-48,57-63H,11-21H2,1-9H3,(H,65,66,67)(H,68,69,70)(H,71,72,73)/t23-,25+,28-,29-,30-,31+,32+,33-,34-,35+,36-,37-,38-,39-,40-,41+,42+,43-,44-,45+,46+,47+,48+,51-,52+,53+,54+/m1/s1. The van der Waals surface area contributed by atoms with E-state index in [1.165, 1.54) is 6.92 Å². The Hall–Kier alpha value is -2.48. The minimum Gasteiger partial charge on any atom is -0.458 e. The molecule has 1 spiro atoms. The smallest absolute Gasteiger partial charge is 0.397 e. The van der Waals surface area contributed by atoms with Crippen molar-refractivity contribution in [2.45, 2.75) is 235 Å². The highest BCUT2D eigenvalue weighted by Gasteiger charge is 2.79. The van der Waals surface area contributed by atoms with E-state index in [1.807, 2.05) is 34.6 Å². The maximum absolute atomic E-state index is 14.4. The minimum absolute atomic E-state index is 0.0561. The van der Waals surface area contributed by atoms with Crippen LogP contribution >= 0.6 is 0 Å². The van der Waals surface area contributed by atoms with Gasteiger partial charge in [0.15, 0.2) is 25.2 Å². The van der Waals surface area contributed by atoms with Gasteiger partial charge in [-0.3, -0.25) is 28.0 Å². The SMILES string of the molecule is CO[C@@H]1[C@@H](O)[C@H](O[C@@H]2[C@@H](O)[C@H](O[C@H]3[C@H](O)[C@@H](O)[C@H](O[C@H]4[C@H](O[C@H]5CC[C@]6(C)[C@H]7CC[C@@]89C(=O)O[C@@](C)(CC(=O)CC(C)C)[C@H]8C(=O)C[C@@]9(C)C7=CC[C@H]6C5(C)C)OC[C@@H](OS(=O)(=O)O)[C@@H]4O)O[C@@H]3C)O[C@H](COS(=O)(=O)O)[C@H]2O)O[C@H](COS(=O)(=O)O)[C@H]1O. The number of rotatable bonds is 21. The van der Waals surface area contributed by atoms with E-state index in [-0.39, 0.29) is 48.6 Å². The number of aliphatic hydroxyl groups excluding tert-OH is 7. The number of Topliss-reactive ketones (excluding diaryl/α,β-unsaturated/α-hetero) is 2. The van der Waals surface area contributed by atoms with E-state index >= 15 is 0 Å². The summed E-state index contributed by atoms with van der Waals surface area (Å²) < 4.78 is 171. The topological polar surface area (TPSA) is 476 Å². The molecule has 35 heteroatoms. The molecule has 0 radical (unpaired) electrons. The number of methoxy groups -OCH3 is 1. The number of esters is 1. The van der Waals surface area contributed by atoms with Gasteiger partial charge >= 0.3 is 37.2 Å². The average Bonchev–Trinajstić information content (AvgIpc) is 1.54. The van der Waals surface area contributed by atoms with Crippen LogP contribution in [0.4, 0.5) is 0 Å². The quantitative estimate of drug-likeness (QED) is 0.0356. The fourth-order valence-corrected chi connectivity index (χ4v) is 17.5. The zero-order valence-corrected chi connectivity index (χ0v) is 52.8. The highest BCUT2D eigenvalue weighted by molar-refractivity contribution is 7.81. The fraction of sp³-hybridized carbons (Fsp3) is 0.907. The van der Waals surface area contributed by atoms with Gasteiger partial charge in [-0.05, 0) is 74.5 Å². The number of fused-ring (bicyclic) bond motifs is 4. The molecule has 27 atom stereocenters. The van der Waals surface area contributed by atoms with Crippen LogP contribution in [0.1, 0.15) is 107 Å². The van der Waals surface area contributed by atoms with Crippen molar-refractivity contribution in [3.05, 3.63) is 11.6 Å². The first-order valence-electron chi connectivity index (χ1n) is 29.5. The monoisotopic (exact) mass is 1340 g/mol. The number of cyclic esters (lactones) is 1. The van der Waals surface area contributed by atoms with Gasteiger partial charge in [0.2, 0.25) is 0 Å². The molecule has 0 aromatic heterocycles. The third-order valence-electron chi connectivity index (χ3n) is 20.4. The Morgan fingerprint density at radius 3 is 1.81 bits per heavy atom. The Balaban J connectivity index is 0.918. The van der Waals surface area contributed by atoms with Crippen molar-refractivity contribution in [1.82, 2.24) is 0 Å². The van der Waals surface area contributed by atoms with Gasteiger partial charge in [0, 0.05) is 31.8 Å². The van der Waals surface area contributed by atoms with Crippen molar-refractivity contribution in [3.8, 4) is 0 Å². The Bertz CT molecular complexity index is 3000. The van der Waals surface area contributed by atoms with Crippen LogP contribution in [0.25, 0.3) is 0 Å². The molecule has 9 rings (SSSR count). The molecule has 0 aromatic carbocycles. The van der Waals surface area contributed by atoms with Crippen molar-refractivity contribution in [1.29, 1.82) is 0 Å². The van der Waals surface area contributed by atoms with Crippen LogP contribution in [0, 0.1) is 45.3 Å². The van der Waals surface area contributed by atoms with Crippen molar-refractivity contribution in [2.24, 2.45) is 45.3 Å². The van der Waals surface area contributed by atoms with Crippen molar-refractivity contribution >= 4 is 48.7 Å². The van der Waals surface area contributed by atoms with Gasteiger partial charge in [0.05, 0.1) is 43.4 Å². The van der Waals surface area contributed by atoms with E-state index in [9.17, 15) is 84.5 Å². The largest absolute Gasteiger partial charge is 0.458 e. The molecule has 0 bridgehead atoms. The summed E-state index contributed by atoms with van der Waals surface area (Å²) in [5, 5.41) is 80.2. The molecule has 510 valence electrons. The zero-order valence-electron chi connectivity index (χ0n) is 50.4. The summed E-state index contributed by atoms with van der Waals surface area (Å²) in [6.45, 7) is 12.0. The van der Waals surface area contributed by atoms with E-state index in [4.69, 9.17) is 56.1 Å². The molecule has 8 fully saturated rings. The Kier molecular flexibility index (Phi) is 20.4. The summed E-state index contributed by atoms with van der Waals surface area (Å²) in [6.07, 6.45) is -32.8. The maximum Gasteiger partial charge on any atom is 0.397 e. The van der Waals surface area contributed by atoms with E-state index in [0.29, 0.717) is 32.1 Å². The number of aliphatic hydroxyl groups is 7. The lowest BCUT2D eigenvalue weighted by molar-refractivity contribution is -0.389. The molecule has 9 aliphatic rings. The molecule has 89 heavy (non-hydrogen) atoms. The number of hydrogen-bond donors (Lipinski definition) is 10. The summed E-state index contributed by atoms with van der Waals surface area (Å²) in [5.41, 5.74) is -3.48. The second-order valence-electron chi connectivity index (χ2n) is 26.8. The molecule has 32 nitrogen and oxygen atoms in total. The van der Waals surface area contributed by atoms with Crippen molar-refractivity contribution in [2.75, 3.05) is 26.9 Å². The lowest BCUT2D eigenvalue weighted by atomic mass is 9.41. The Morgan fingerprint density at radius 1 is 0.674 bits per heavy atom. The van der Waals surface area contributed by atoms with Crippen LogP contribution in [0.15, 0.2) is 11.6 Å². The van der Waals surface area contributed by atoms with Gasteiger partial charge < -0.3 is 83.1 Å². The van der Waals surface area contributed by atoms with Crippen molar-refractivity contribution < 1.29 is 149 Å². The Labute approximate surface area is 514 Å². The fourth-order valence-electron chi connectivity index (χ4n) is 16.5. The van der Waals surface area contributed by atoms with Gasteiger partial charge in [0.1, 0.15) is 103 Å². The third kappa shape index (κ3) is 13.5. The summed E-state index contributed by atoms with van der Waals surface area (Å²) in [7, 11) is -14.6. The predicted molar refractivity (Wildman–Crippen MR) is 292 cm³/mol. The van der Waals surface area contributed by atoms with Crippen LogP contribution in [0.5, 0.6) is 0 Å². The first-order chi connectivity index (χ1) is 41.1. The number of hydrogen-bond acceptors (Lipinski definition) is 29. The number of carbonyl (C=O) groups is 3. The Morgan fingerprint density at radius 2 is 1.24 bits per heavy atom. The highest BCUT2D eigenvalue weighted by atomic mass is 32.3. The summed E-state index contributed by atoms with van der Waals surface area (Å²) in [5.74, 6) is -1.57. The molecule has 0 aromatic rings. The van der Waals surface area contributed by atoms with Crippen molar-refractivity contribution in [3.63, 3.8) is 0 Å². The van der Waals surface area contributed by atoms with Crippen LogP contribution < -0.4 is 0 Å². The predicted octanol–water partition coefficient (Wildman–Crippen LogP) is -1.47. The van der Waals surface area contributed by atoms with Gasteiger partial charge in [-0.15, -0.1) is 0 Å². The van der Waals surface area contributed by atoms with Gasteiger partial charge in [-0.25, -0.2) is 12.5 Å². The molecule has 5 aliphatic heterocycles. The summed E-state index contributed by atoms with van der Waals surface area (Å²) >= 11 is 0. The molecular formula is C54H84O32S3. The molecule has 10 N–H and O–H groups in total. The minimum atomic E-state index is -5.26. The first-order valence-corrected chi connectivity index (χ1v) is 33.6. The second kappa shape index (κ2) is 25.6. The molecule has 4 aliphatic carbocycles. The van der Waals surface area contributed by atoms with Crippen LogP contribution in [-0.2, 0) is 105 Å². The summed E-state index contributed by atoms with van der Waals surface area (Å²) in [6, 6.07) is 0. The summed E-state index contributed by atoms with van der Waals surface area (Å²) in [4.78, 5) is 42.0. The van der Waals surface area contributed by atoms with Crippen LogP contribution in [0.3, 0.4) is 0 Å². The molecule has 5 heterocycles. The number of carbonyl (C=O) groups excluding carboxylic acids is 3. The van der Waals surface area contributed by atoms with E-state index in [0.717, 1.165) is 12.7 Å². The van der Waals surface area contributed by atoms with Crippen LogP contribution in [-0.4, -0.2) is 248 Å². The molecule has 0 unspecified atom stereocenters. The lowest BCUT2D eigenvalue weighted by Gasteiger charge is -2.63. The van der Waals surface area contributed by atoms with Gasteiger partial charge in [-0.1, -0.05) is 53.2 Å². The van der Waals surface area contributed by atoms with E-state index in [2.05, 4.69) is 21.4 Å². The molecular weight excluding hydrogens is 1260 g/mol. The first kappa shape index (κ1) is 70.8. The van der Waals surface area contributed by atoms with E-state index < -0.39 is 213 Å².